The second-order valence-corrected chi connectivity index (χ2v) is 4.16. The number of hydrogen-bond donors (Lipinski definition) is 2. The van der Waals surface area contributed by atoms with Gasteiger partial charge in [0.25, 0.3) is 5.91 Å². The Morgan fingerprint density at radius 1 is 1.44 bits per heavy atom. The van der Waals surface area contributed by atoms with E-state index in [9.17, 15) is 4.79 Å². The number of amides is 1. The van der Waals surface area contributed by atoms with Crippen LogP contribution in [0.5, 0.6) is 11.5 Å². The SMILES string of the molecule is COc1cc(C(=O)NC(C)CO)cc(Cl)c1OC. The highest BCUT2D eigenvalue weighted by Crippen LogP contribution is 2.35. The number of methoxy groups -OCH3 is 2. The van der Waals surface area contributed by atoms with Gasteiger partial charge in [0.05, 0.1) is 25.8 Å². The van der Waals surface area contributed by atoms with Crippen molar-refractivity contribution in [2.75, 3.05) is 20.8 Å². The van der Waals surface area contributed by atoms with Crippen molar-refractivity contribution in [2.45, 2.75) is 13.0 Å². The molecule has 0 radical (unpaired) electrons. The lowest BCUT2D eigenvalue weighted by molar-refractivity contribution is 0.0922. The Morgan fingerprint density at radius 2 is 2.11 bits per heavy atom. The van der Waals surface area contributed by atoms with Crippen LogP contribution < -0.4 is 14.8 Å². The topological polar surface area (TPSA) is 67.8 Å². The molecule has 5 nitrogen and oxygen atoms in total. The Morgan fingerprint density at radius 3 is 2.61 bits per heavy atom. The van der Waals surface area contributed by atoms with Crippen molar-refractivity contribution in [1.29, 1.82) is 0 Å². The van der Waals surface area contributed by atoms with Gasteiger partial charge in [-0.1, -0.05) is 11.6 Å². The Bertz CT molecular complexity index is 436. The van der Waals surface area contributed by atoms with Gasteiger partial charge >= 0.3 is 0 Å². The summed E-state index contributed by atoms with van der Waals surface area (Å²) in [6.07, 6.45) is 0. The number of nitrogens with one attached hydrogen (secondary N) is 1. The molecule has 0 aromatic heterocycles. The highest BCUT2D eigenvalue weighted by Gasteiger charge is 2.16. The van der Waals surface area contributed by atoms with E-state index in [0.717, 1.165) is 0 Å². The van der Waals surface area contributed by atoms with Crippen LogP contribution in [0.1, 0.15) is 17.3 Å². The summed E-state index contributed by atoms with van der Waals surface area (Å²) in [6.45, 7) is 1.56. The van der Waals surface area contributed by atoms with Crippen molar-refractivity contribution in [3.8, 4) is 11.5 Å². The largest absolute Gasteiger partial charge is 0.493 e. The summed E-state index contributed by atoms with van der Waals surface area (Å²) in [4.78, 5) is 11.9. The summed E-state index contributed by atoms with van der Waals surface area (Å²) >= 11 is 5.99. The second-order valence-electron chi connectivity index (χ2n) is 3.75. The fourth-order valence-corrected chi connectivity index (χ4v) is 1.69. The zero-order valence-electron chi connectivity index (χ0n) is 10.5. The molecule has 0 saturated heterocycles. The van der Waals surface area contributed by atoms with Crippen molar-refractivity contribution in [3.63, 3.8) is 0 Å². The van der Waals surface area contributed by atoms with E-state index in [2.05, 4.69) is 5.32 Å². The number of ether oxygens (including phenoxy) is 2. The minimum atomic E-state index is -0.334. The molecule has 1 aromatic rings. The quantitative estimate of drug-likeness (QED) is 0.852. The van der Waals surface area contributed by atoms with Gasteiger partial charge in [-0.05, 0) is 19.1 Å². The van der Waals surface area contributed by atoms with Crippen molar-refractivity contribution in [2.24, 2.45) is 0 Å². The molecule has 0 heterocycles. The van der Waals surface area contributed by atoms with Crippen LogP contribution in [0.15, 0.2) is 12.1 Å². The first-order valence-electron chi connectivity index (χ1n) is 5.36. The first-order chi connectivity index (χ1) is 8.53. The van der Waals surface area contributed by atoms with E-state index < -0.39 is 0 Å². The van der Waals surface area contributed by atoms with Gasteiger partial charge < -0.3 is 19.9 Å². The molecule has 0 aliphatic heterocycles. The maximum Gasteiger partial charge on any atom is 0.251 e. The van der Waals surface area contributed by atoms with Crippen molar-refractivity contribution in [3.05, 3.63) is 22.7 Å². The Balaban J connectivity index is 3.04. The van der Waals surface area contributed by atoms with E-state index in [0.29, 0.717) is 22.1 Å². The van der Waals surface area contributed by atoms with Crippen LogP contribution in [-0.4, -0.2) is 37.9 Å². The third-order valence-electron chi connectivity index (χ3n) is 2.35. The van der Waals surface area contributed by atoms with Gasteiger partial charge in [0.1, 0.15) is 0 Å². The minimum absolute atomic E-state index is 0.132. The predicted octanol–water partition coefficient (Wildman–Crippen LogP) is 1.47. The van der Waals surface area contributed by atoms with Crippen LogP contribution in [0, 0.1) is 0 Å². The normalized spacial score (nSPS) is 11.8. The minimum Gasteiger partial charge on any atom is -0.493 e. The number of halogens is 1. The van der Waals surface area contributed by atoms with E-state index >= 15 is 0 Å². The maximum atomic E-state index is 11.9. The standard InChI is InChI=1S/C12H16ClNO4/c1-7(6-15)14-12(16)8-4-9(13)11(18-3)10(5-8)17-2/h4-5,7,15H,6H2,1-3H3,(H,14,16). The third-order valence-corrected chi connectivity index (χ3v) is 2.63. The van der Waals surface area contributed by atoms with Crippen LogP contribution in [-0.2, 0) is 0 Å². The molecular formula is C12H16ClNO4. The number of rotatable bonds is 5. The second kappa shape index (κ2) is 6.47. The summed E-state index contributed by atoms with van der Waals surface area (Å²) in [5.74, 6) is 0.428. The molecule has 0 spiro atoms. The Hall–Kier alpha value is -1.46. The summed E-state index contributed by atoms with van der Waals surface area (Å²) in [6, 6.07) is 2.69. The number of carbonyl (C=O) groups excluding carboxylic acids is 1. The van der Waals surface area contributed by atoms with Crippen LogP contribution >= 0.6 is 11.6 Å². The first kappa shape index (κ1) is 14.6. The molecule has 1 rings (SSSR count). The van der Waals surface area contributed by atoms with Crippen molar-refractivity contribution >= 4 is 17.5 Å². The first-order valence-corrected chi connectivity index (χ1v) is 5.74. The molecule has 0 aliphatic carbocycles. The number of benzene rings is 1. The molecule has 0 saturated carbocycles. The molecule has 18 heavy (non-hydrogen) atoms. The number of carbonyl (C=O) groups is 1. The highest BCUT2D eigenvalue weighted by molar-refractivity contribution is 6.32. The van der Waals surface area contributed by atoms with Gasteiger partial charge in [-0.2, -0.15) is 0 Å². The lowest BCUT2D eigenvalue weighted by Gasteiger charge is -2.14. The zero-order chi connectivity index (χ0) is 13.7. The fraction of sp³-hybridized carbons (Fsp3) is 0.417. The molecule has 2 N–H and O–H groups in total. The predicted molar refractivity (Wildman–Crippen MR) is 68.6 cm³/mol. The fourth-order valence-electron chi connectivity index (χ4n) is 1.40. The summed E-state index contributed by atoms with van der Waals surface area (Å²) in [5, 5.41) is 11.8. The van der Waals surface area contributed by atoms with E-state index in [4.69, 9.17) is 26.2 Å². The van der Waals surface area contributed by atoms with E-state index in [1.807, 2.05) is 0 Å². The average molecular weight is 274 g/mol. The summed E-state index contributed by atoms with van der Waals surface area (Å²) in [7, 11) is 2.93. The van der Waals surface area contributed by atoms with Gasteiger partial charge in [-0.15, -0.1) is 0 Å². The Labute approximate surface area is 111 Å². The number of aliphatic hydroxyl groups excluding tert-OH is 1. The van der Waals surface area contributed by atoms with Crippen LogP contribution in [0.4, 0.5) is 0 Å². The summed E-state index contributed by atoms with van der Waals surface area (Å²) < 4.78 is 10.2. The van der Waals surface area contributed by atoms with Crippen LogP contribution in [0.2, 0.25) is 5.02 Å². The molecule has 0 fully saturated rings. The van der Waals surface area contributed by atoms with Gasteiger partial charge in [0, 0.05) is 11.6 Å². The van der Waals surface area contributed by atoms with Crippen molar-refractivity contribution < 1.29 is 19.4 Å². The van der Waals surface area contributed by atoms with Gasteiger partial charge in [-0.25, -0.2) is 0 Å². The third kappa shape index (κ3) is 3.27. The lowest BCUT2D eigenvalue weighted by atomic mass is 10.1. The van der Waals surface area contributed by atoms with Gasteiger partial charge in [0.15, 0.2) is 11.5 Å². The van der Waals surface area contributed by atoms with E-state index in [-0.39, 0.29) is 18.6 Å². The van der Waals surface area contributed by atoms with Crippen LogP contribution in [0.3, 0.4) is 0 Å². The van der Waals surface area contributed by atoms with E-state index in [1.54, 1.807) is 6.92 Å². The molecular weight excluding hydrogens is 258 g/mol. The van der Waals surface area contributed by atoms with Crippen LogP contribution in [0.25, 0.3) is 0 Å². The average Bonchev–Trinajstić information content (AvgIpc) is 2.37. The number of hydrogen-bond acceptors (Lipinski definition) is 4. The molecule has 0 bridgehead atoms. The Kier molecular flexibility index (Phi) is 5.25. The molecule has 0 aliphatic rings. The van der Waals surface area contributed by atoms with Crippen molar-refractivity contribution in [1.82, 2.24) is 5.32 Å². The summed E-state index contributed by atoms with van der Waals surface area (Å²) in [5.41, 5.74) is 0.345. The van der Waals surface area contributed by atoms with Gasteiger partial charge in [0.2, 0.25) is 0 Å². The number of aliphatic hydroxyl groups is 1. The zero-order valence-corrected chi connectivity index (χ0v) is 11.2. The monoisotopic (exact) mass is 273 g/mol. The molecule has 1 amide bonds. The molecule has 1 atom stereocenters. The molecule has 6 heteroatoms. The molecule has 100 valence electrons. The van der Waals surface area contributed by atoms with E-state index in [1.165, 1.54) is 26.4 Å². The maximum absolute atomic E-state index is 11.9. The molecule has 1 unspecified atom stereocenters. The smallest absolute Gasteiger partial charge is 0.251 e. The van der Waals surface area contributed by atoms with Gasteiger partial charge in [-0.3, -0.25) is 4.79 Å². The highest BCUT2D eigenvalue weighted by atomic mass is 35.5. The lowest BCUT2D eigenvalue weighted by Crippen LogP contribution is -2.35. The molecule has 1 aromatic carbocycles.